The second-order valence-corrected chi connectivity index (χ2v) is 8.70. The fraction of sp³-hybridized carbons (Fsp3) is 0.842. The molecule has 0 aromatic heterocycles. The lowest BCUT2D eigenvalue weighted by Gasteiger charge is -2.59. The van der Waals surface area contributed by atoms with Crippen molar-refractivity contribution in [3.8, 4) is 0 Å². The molecule has 122 valence electrons. The molecule has 2 N–H and O–H groups in total. The maximum absolute atomic E-state index is 11.9. The van der Waals surface area contributed by atoms with Crippen LogP contribution in [0.1, 0.15) is 65.2 Å². The monoisotopic (exact) mass is 303 g/mol. The predicted molar refractivity (Wildman–Crippen MR) is 86.2 cm³/mol. The van der Waals surface area contributed by atoms with Gasteiger partial charge in [0.05, 0.1) is 6.10 Å². The summed E-state index contributed by atoms with van der Waals surface area (Å²) in [6, 6.07) is 0. The third-order valence-corrected chi connectivity index (χ3v) is 7.57. The summed E-state index contributed by atoms with van der Waals surface area (Å²) in [5.41, 5.74) is 1.84. The largest absolute Gasteiger partial charge is 0.393 e. The first-order valence-corrected chi connectivity index (χ1v) is 9.11. The van der Waals surface area contributed by atoms with Crippen LogP contribution in [0.4, 0.5) is 0 Å². The van der Waals surface area contributed by atoms with Crippen LogP contribution in [0.3, 0.4) is 0 Å². The van der Waals surface area contributed by atoms with Crippen molar-refractivity contribution in [3.05, 3.63) is 11.6 Å². The highest BCUT2D eigenvalue weighted by molar-refractivity contribution is 5.77. The lowest BCUT2D eigenvalue weighted by Crippen LogP contribution is -2.62. The molecule has 22 heavy (non-hydrogen) atoms. The summed E-state index contributed by atoms with van der Waals surface area (Å²) in [5, 5.41) is 13.3. The van der Waals surface area contributed by atoms with E-state index in [4.69, 9.17) is 0 Å². The molecule has 3 aliphatic carbocycles. The second-order valence-electron chi connectivity index (χ2n) is 8.70. The molecule has 3 heteroatoms. The van der Waals surface area contributed by atoms with Crippen LogP contribution in [0.15, 0.2) is 11.6 Å². The van der Waals surface area contributed by atoms with Crippen LogP contribution >= 0.6 is 0 Å². The van der Waals surface area contributed by atoms with Crippen LogP contribution < -0.4 is 5.32 Å². The van der Waals surface area contributed by atoms with E-state index in [1.807, 2.05) is 0 Å². The van der Waals surface area contributed by atoms with Crippen molar-refractivity contribution < 1.29 is 9.90 Å². The number of hydrogen-bond donors (Lipinski definition) is 2. The summed E-state index contributed by atoms with van der Waals surface area (Å²) in [7, 11) is 0. The minimum Gasteiger partial charge on any atom is -0.393 e. The Morgan fingerprint density at radius 2 is 2.00 bits per heavy atom. The van der Waals surface area contributed by atoms with Crippen molar-refractivity contribution in [2.45, 2.75) is 76.9 Å². The fourth-order valence-electron chi connectivity index (χ4n) is 6.32. The van der Waals surface area contributed by atoms with Crippen LogP contribution in [0.5, 0.6) is 0 Å². The molecule has 1 saturated heterocycles. The average Bonchev–Trinajstić information content (AvgIpc) is 2.46. The molecule has 6 atom stereocenters. The number of carbonyl (C=O) groups excluding carboxylic acids is 1. The van der Waals surface area contributed by atoms with Crippen LogP contribution in [0, 0.1) is 23.2 Å². The summed E-state index contributed by atoms with van der Waals surface area (Å²) >= 11 is 0. The Hall–Kier alpha value is -0.830. The van der Waals surface area contributed by atoms with Crippen molar-refractivity contribution in [1.29, 1.82) is 0 Å². The molecule has 2 saturated carbocycles. The summed E-state index contributed by atoms with van der Waals surface area (Å²) in [5.74, 6) is 2.33. The zero-order chi connectivity index (χ0) is 15.5. The smallest absolute Gasteiger partial charge is 0.220 e. The van der Waals surface area contributed by atoms with Gasteiger partial charge in [0, 0.05) is 12.0 Å². The van der Waals surface area contributed by atoms with Crippen LogP contribution in [0.25, 0.3) is 0 Å². The third kappa shape index (κ3) is 2.01. The Labute approximate surface area is 133 Å². The number of nitrogens with one attached hydrogen (secondary N) is 1. The molecule has 3 fully saturated rings. The van der Waals surface area contributed by atoms with E-state index in [0.717, 1.165) is 44.4 Å². The van der Waals surface area contributed by atoms with E-state index in [1.54, 1.807) is 0 Å². The molecule has 1 amide bonds. The van der Waals surface area contributed by atoms with E-state index in [0.29, 0.717) is 23.7 Å². The Bertz CT molecular complexity index is 528. The first-order chi connectivity index (χ1) is 10.4. The van der Waals surface area contributed by atoms with Crippen molar-refractivity contribution in [3.63, 3.8) is 0 Å². The standard InChI is InChI=1S/C19H29NO2/c1-18-9-7-13(21)11-12(18)3-4-14-15(18)8-10-19(2)16(14)5-6-17(22)20-19/h3,13-16,21H,4-11H2,1-2H3,(H,20,22)/t13-,14+,15-,16-,18-,19?/m0/s1. The van der Waals surface area contributed by atoms with Gasteiger partial charge >= 0.3 is 0 Å². The van der Waals surface area contributed by atoms with E-state index >= 15 is 0 Å². The minimum atomic E-state index is -0.126. The zero-order valence-electron chi connectivity index (χ0n) is 13.9. The Morgan fingerprint density at radius 3 is 2.82 bits per heavy atom. The van der Waals surface area contributed by atoms with Crippen molar-refractivity contribution in [1.82, 2.24) is 5.32 Å². The van der Waals surface area contributed by atoms with Gasteiger partial charge in [0.2, 0.25) is 5.91 Å². The molecule has 1 aliphatic heterocycles. The second kappa shape index (κ2) is 4.83. The molecule has 3 nitrogen and oxygen atoms in total. The van der Waals surface area contributed by atoms with Crippen LogP contribution in [-0.4, -0.2) is 22.7 Å². The molecule has 4 aliphatic rings. The Kier molecular flexibility index (Phi) is 3.24. The van der Waals surface area contributed by atoms with E-state index in [1.165, 1.54) is 12.0 Å². The molecule has 4 rings (SSSR count). The lowest BCUT2D eigenvalue weighted by atomic mass is 9.48. The van der Waals surface area contributed by atoms with E-state index in [-0.39, 0.29) is 17.6 Å². The zero-order valence-corrected chi connectivity index (χ0v) is 13.9. The summed E-state index contributed by atoms with van der Waals surface area (Å²) < 4.78 is 0. The number of carbonyl (C=O) groups is 1. The van der Waals surface area contributed by atoms with E-state index < -0.39 is 0 Å². The van der Waals surface area contributed by atoms with Gasteiger partial charge in [-0.25, -0.2) is 0 Å². The number of fused-ring (bicyclic) bond motifs is 5. The first-order valence-electron chi connectivity index (χ1n) is 9.11. The summed E-state index contributed by atoms with van der Waals surface area (Å²) in [6.07, 6.45) is 10.6. The van der Waals surface area contributed by atoms with Crippen molar-refractivity contribution in [2.75, 3.05) is 0 Å². The minimum absolute atomic E-state index is 0.0202. The molecule has 1 heterocycles. The molecule has 1 unspecified atom stereocenters. The van der Waals surface area contributed by atoms with Gasteiger partial charge in [-0.2, -0.15) is 0 Å². The number of allylic oxidation sites excluding steroid dienone is 1. The Balaban J connectivity index is 1.66. The number of hydrogen-bond acceptors (Lipinski definition) is 2. The maximum Gasteiger partial charge on any atom is 0.220 e. The van der Waals surface area contributed by atoms with Gasteiger partial charge in [0.25, 0.3) is 0 Å². The van der Waals surface area contributed by atoms with Gasteiger partial charge < -0.3 is 10.4 Å². The highest BCUT2D eigenvalue weighted by Gasteiger charge is 2.55. The number of aliphatic hydroxyl groups excluding tert-OH is 1. The average molecular weight is 303 g/mol. The van der Waals surface area contributed by atoms with Gasteiger partial charge in [-0.15, -0.1) is 0 Å². The normalized spacial score (nSPS) is 51.0. The highest BCUT2D eigenvalue weighted by atomic mass is 16.3. The maximum atomic E-state index is 11.9. The lowest BCUT2D eigenvalue weighted by molar-refractivity contribution is -0.131. The molecule has 0 bridgehead atoms. The summed E-state index contributed by atoms with van der Waals surface area (Å²) in [6.45, 7) is 4.72. The SMILES string of the molecule is CC12CC[C@H]3[C@@H](CC=C4C[C@@H](O)CC[C@@]43C)[C@@H]1CCC(=O)N2. The first kappa shape index (κ1) is 14.7. The van der Waals surface area contributed by atoms with Crippen LogP contribution in [-0.2, 0) is 4.79 Å². The van der Waals surface area contributed by atoms with E-state index in [9.17, 15) is 9.90 Å². The number of rotatable bonds is 0. The topological polar surface area (TPSA) is 49.3 Å². The van der Waals surface area contributed by atoms with Crippen molar-refractivity contribution in [2.24, 2.45) is 23.2 Å². The van der Waals surface area contributed by atoms with Gasteiger partial charge in [0.15, 0.2) is 0 Å². The van der Waals surface area contributed by atoms with Gasteiger partial charge in [-0.05, 0) is 75.0 Å². The number of piperidine rings is 1. The quantitative estimate of drug-likeness (QED) is 0.675. The molecule has 0 spiro atoms. The van der Waals surface area contributed by atoms with Crippen LogP contribution in [0.2, 0.25) is 0 Å². The fourth-order valence-corrected chi connectivity index (χ4v) is 6.32. The van der Waals surface area contributed by atoms with Gasteiger partial charge in [-0.1, -0.05) is 18.6 Å². The van der Waals surface area contributed by atoms with Gasteiger partial charge in [0.1, 0.15) is 0 Å². The molecule has 0 aromatic carbocycles. The number of amides is 1. The number of aliphatic hydroxyl groups is 1. The summed E-state index contributed by atoms with van der Waals surface area (Å²) in [4.78, 5) is 11.9. The molecule has 0 aromatic rings. The Morgan fingerprint density at radius 1 is 1.18 bits per heavy atom. The highest BCUT2D eigenvalue weighted by Crippen LogP contribution is 2.60. The van der Waals surface area contributed by atoms with Gasteiger partial charge in [-0.3, -0.25) is 4.79 Å². The molecular weight excluding hydrogens is 274 g/mol. The molecular formula is C19H29NO2. The predicted octanol–water partition coefficient (Wildman–Crippen LogP) is 3.18. The van der Waals surface area contributed by atoms with E-state index in [2.05, 4.69) is 25.2 Å². The van der Waals surface area contributed by atoms with Crippen molar-refractivity contribution >= 4 is 5.91 Å². The third-order valence-electron chi connectivity index (χ3n) is 7.57. The molecule has 0 radical (unpaired) electrons.